The zero-order valence-electron chi connectivity index (χ0n) is 14.5. The average molecular weight is 323 g/mol. The van der Waals surface area contributed by atoms with Gasteiger partial charge in [0.25, 0.3) is 0 Å². The number of nitrogens with one attached hydrogen (secondary N) is 1. The molecule has 0 radical (unpaired) electrons. The van der Waals surface area contributed by atoms with Gasteiger partial charge in [-0.1, -0.05) is 0 Å². The molecular weight excluding hydrogens is 294 g/mol. The van der Waals surface area contributed by atoms with Crippen LogP contribution in [0.3, 0.4) is 0 Å². The Morgan fingerprint density at radius 1 is 0.870 bits per heavy atom. The van der Waals surface area contributed by atoms with Crippen LogP contribution in [0, 0.1) is 11.8 Å². The minimum atomic E-state index is 0.0435. The van der Waals surface area contributed by atoms with Crippen molar-refractivity contribution in [2.24, 2.45) is 11.8 Å². The van der Waals surface area contributed by atoms with Crippen molar-refractivity contribution in [3.8, 4) is 0 Å². The number of amides is 3. The number of piperazine rings is 1. The summed E-state index contributed by atoms with van der Waals surface area (Å²) in [6, 6.07) is 0.166. The van der Waals surface area contributed by atoms with Crippen LogP contribution in [-0.2, 0) is 14.4 Å². The van der Waals surface area contributed by atoms with Gasteiger partial charge in [-0.05, 0) is 39.5 Å². The Morgan fingerprint density at radius 2 is 1.35 bits per heavy atom. The molecule has 1 N–H and O–H groups in total. The summed E-state index contributed by atoms with van der Waals surface area (Å²) in [6.45, 7) is 8.03. The molecule has 6 nitrogen and oxygen atoms in total. The molecule has 3 amide bonds. The summed E-state index contributed by atoms with van der Waals surface area (Å²) < 4.78 is 0. The quantitative estimate of drug-likeness (QED) is 0.843. The zero-order valence-corrected chi connectivity index (χ0v) is 14.5. The van der Waals surface area contributed by atoms with Crippen molar-refractivity contribution >= 4 is 17.7 Å². The van der Waals surface area contributed by atoms with Crippen molar-refractivity contribution in [3.05, 3.63) is 0 Å². The van der Waals surface area contributed by atoms with Crippen molar-refractivity contribution in [1.82, 2.24) is 15.1 Å². The first-order valence-electron chi connectivity index (χ1n) is 8.73. The highest BCUT2D eigenvalue weighted by molar-refractivity contribution is 5.81. The zero-order chi connectivity index (χ0) is 17.0. The second-order valence-electron chi connectivity index (χ2n) is 7.04. The van der Waals surface area contributed by atoms with E-state index >= 15 is 0 Å². The number of rotatable bonds is 3. The van der Waals surface area contributed by atoms with Crippen LogP contribution in [0.1, 0.15) is 46.5 Å². The fraction of sp³-hybridized carbons (Fsp3) is 0.824. The minimum Gasteiger partial charge on any atom is -0.354 e. The van der Waals surface area contributed by atoms with Crippen LogP contribution in [0.25, 0.3) is 0 Å². The number of hydrogen-bond acceptors (Lipinski definition) is 3. The number of carbonyl (C=O) groups excluding carboxylic acids is 3. The first-order chi connectivity index (χ1) is 10.9. The lowest BCUT2D eigenvalue weighted by molar-refractivity contribution is -0.143. The predicted octanol–water partition coefficient (Wildman–Crippen LogP) is 1.01. The van der Waals surface area contributed by atoms with Crippen LogP contribution in [0.5, 0.6) is 0 Å². The van der Waals surface area contributed by atoms with Crippen LogP contribution in [0.15, 0.2) is 0 Å². The monoisotopic (exact) mass is 323 g/mol. The van der Waals surface area contributed by atoms with Crippen molar-refractivity contribution in [2.75, 3.05) is 26.2 Å². The van der Waals surface area contributed by atoms with E-state index in [0.29, 0.717) is 26.2 Å². The summed E-state index contributed by atoms with van der Waals surface area (Å²) in [5, 5.41) is 2.96. The average Bonchev–Trinajstić information content (AvgIpc) is 2.53. The smallest absolute Gasteiger partial charge is 0.225 e. The topological polar surface area (TPSA) is 69.7 Å². The Bertz CT molecular complexity index is 448. The maximum absolute atomic E-state index is 12.6. The Kier molecular flexibility index (Phi) is 6.02. The van der Waals surface area contributed by atoms with Gasteiger partial charge < -0.3 is 15.1 Å². The van der Waals surface area contributed by atoms with E-state index in [2.05, 4.69) is 5.32 Å². The van der Waals surface area contributed by atoms with Gasteiger partial charge in [0.15, 0.2) is 0 Å². The van der Waals surface area contributed by atoms with E-state index in [-0.39, 0.29) is 35.6 Å². The van der Waals surface area contributed by atoms with E-state index < -0.39 is 0 Å². The molecule has 0 aromatic carbocycles. The third-order valence-corrected chi connectivity index (χ3v) is 4.91. The van der Waals surface area contributed by atoms with Gasteiger partial charge in [0.05, 0.1) is 0 Å². The van der Waals surface area contributed by atoms with E-state index in [4.69, 9.17) is 0 Å². The molecular formula is C17H29N3O3. The Balaban J connectivity index is 1.78. The molecule has 0 aromatic rings. The Hall–Kier alpha value is -1.59. The molecule has 2 rings (SSSR count). The molecule has 6 heteroatoms. The number of carbonyl (C=O) groups is 3. The van der Waals surface area contributed by atoms with Gasteiger partial charge >= 0.3 is 0 Å². The van der Waals surface area contributed by atoms with E-state index in [1.165, 1.54) is 0 Å². The molecule has 1 saturated heterocycles. The SMILES string of the molecule is CC(=O)N1CCN(C(=O)C2CCC(C(=O)NC(C)C)CC2)CC1. The predicted molar refractivity (Wildman–Crippen MR) is 87.6 cm³/mol. The second-order valence-corrected chi connectivity index (χ2v) is 7.04. The highest BCUT2D eigenvalue weighted by atomic mass is 16.2. The first-order valence-corrected chi connectivity index (χ1v) is 8.73. The van der Waals surface area contributed by atoms with E-state index in [0.717, 1.165) is 25.7 Å². The lowest BCUT2D eigenvalue weighted by Gasteiger charge is -2.37. The van der Waals surface area contributed by atoms with Crippen LogP contribution < -0.4 is 5.32 Å². The highest BCUT2D eigenvalue weighted by Gasteiger charge is 2.33. The van der Waals surface area contributed by atoms with Crippen molar-refractivity contribution < 1.29 is 14.4 Å². The summed E-state index contributed by atoms with van der Waals surface area (Å²) >= 11 is 0. The molecule has 1 aliphatic carbocycles. The Labute approximate surface area is 138 Å². The fourth-order valence-corrected chi connectivity index (χ4v) is 3.50. The Morgan fingerprint density at radius 3 is 1.83 bits per heavy atom. The second kappa shape index (κ2) is 7.79. The molecule has 1 saturated carbocycles. The lowest BCUT2D eigenvalue weighted by atomic mass is 9.80. The van der Waals surface area contributed by atoms with Gasteiger partial charge in [-0.2, -0.15) is 0 Å². The number of nitrogens with zero attached hydrogens (tertiary/aromatic N) is 2. The maximum atomic E-state index is 12.6. The van der Waals surface area contributed by atoms with Gasteiger partial charge in [0.1, 0.15) is 0 Å². The summed E-state index contributed by atoms with van der Waals surface area (Å²) in [4.78, 5) is 39.7. The van der Waals surface area contributed by atoms with Gasteiger partial charge in [-0.15, -0.1) is 0 Å². The van der Waals surface area contributed by atoms with Crippen LogP contribution >= 0.6 is 0 Å². The van der Waals surface area contributed by atoms with Crippen LogP contribution in [-0.4, -0.2) is 59.7 Å². The summed E-state index contributed by atoms with van der Waals surface area (Å²) in [6.07, 6.45) is 3.18. The summed E-state index contributed by atoms with van der Waals surface area (Å²) in [7, 11) is 0. The van der Waals surface area contributed by atoms with Gasteiger partial charge in [-0.3, -0.25) is 14.4 Å². The summed E-state index contributed by atoms with van der Waals surface area (Å²) in [5.74, 6) is 0.503. The van der Waals surface area contributed by atoms with E-state index in [9.17, 15) is 14.4 Å². The highest BCUT2D eigenvalue weighted by Crippen LogP contribution is 2.30. The molecule has 0 atom stereocenters. The standard InChI is InChI=1S/C17H29N3O3/c1-12(2)18-16(22)14-4-6-15(7-5-14)17(23)20-10-8-19(9-11-20)13(3)21/h12,14-15H,4-11H2,1-3H3,(H,18,22). The molecule has 0 unspecified atom stereocenters. The van der Waals surface area contributed by atoms with Crippen LogP contribution in [0.2, 0.25) is 0 Å². The van der Waals surface area contributed by atoms with Crippen LogP contribution in [0.4, 0.5) is 0 Å². The van der Waals surface area contributed by atoms with Crippen molar-refractivity contribution in [1.29, 1.82) is 0 Å². The molecule has 0 bridgehead atoms. The third kappa shape index (κ3) is 4.69. The molecule has 0 spiro atoms. The molecule has 0 aromatic heterocycles. The molecule has 2 aliphatic rings. The maximum Gasteiger partial charge on any atom is 0.225 e. The molecule has 2 fully saturated rings. The van der Waals surface area contributed by atoms with Crippen molar-refractivity contribution in [2.45, 2.75) is 52.5 Å². The fourth-order valence-electron chi connectivity index (χ4n) is 3.50. The van der Waals surface area contributed by atoms with Gasteiger partial charge in [0, 0.05) is 51.0 Å². The molecule has 1 aliphatic heterocycles. The largest absolute Gasteiger partial charge is 0.354 e. The minimum absolute atomic E-state index is 0.0435. The van der Waals surface area contributed by atoms with Crippen molar-refractivity contribution in [3.63, 3.8) is 0 Å². The lowest BCUT2D eigenvalue weighted by Crippen LogP contribution is -2.52. The summed E-state index contributed by atoms with van der Waals surface area (Å²) in [5.41, 5.74) is 0. The third-order valence-electron chi connectivity index (χ3n) is 4.91. The molecule has 1 heterocycles. The van der Waals surface area contributed by atoms with E-state index in [1.807, 2.05) is 18.7 Å². The molecule has 130 valence electrons. The number of hydrogen-bond donors (Lipinski definition) is 1. The normalized spacial score (nSPS) is 25.4. The van der Waals surface area contributed by atoms with E-state index in [1.54, 1.807) is 11.8 Å². The molecule has 23 heavy (non-hydrogen) atoms. The van der Waals surface area contributed by atoms with Gasteiger partial charge in [-0.25, -0.2) is 0 Å². The first kappa shape index (κ1) is 17.8. The van der Waals surface area contributed by atoms with Gasteiger partial charge in [0.2, 0.25) is 17.7 Å².